The molecule has 1 aromatic carbocycles. The highest BCUT2D eigenvalue weighted by atomic mass is 16.5. The Morgan fingerprint density at radius 2 is 1.89 bits per heavy atom. The summed E-state index contributed by atoms with van der Waals surface area (Å²) in [5.41, 5.74) is 1.46. The van der Waals surface area contributed by atoms with Crippen molar-refractivity contribution in [2.24, 2.45) is 0 Å². The van der Waals surface area contributed by atoms with E-state index in [1.54, 1.807) is 0 Å². The lowest BCUT2D eigenvalue weighted by Crippen LogP contribution is -2.52. The van der Waals surface area contributed by atoms with Gasteiger partial charge in [-0.05, 0) is 45.6 Å². The Balaban J connectivity index is 1.50. The van der Waals surface area contributed by atoms with E-state index in [9.17, 15) is 15.0 Å². The van der Waals surface area contributed by atoms with Crippen LogP contribution in [0.2, 0.25) is 0 Å². The van der Waals surface area contributed by atoms with Gasteiger partial charge in [-0.1, -0.05) is 18.2 Å². The minimum absolute atomic E-state index is 0.102. The molecule has 3 atom stereocenters. The minimum atomic E-state index is -1.30. The summed E-state index contributed by atoms with van der Waals surface area (Å²) in [4.78, 5) is 15.2. The number of hydrogen-bond acceptors (Lipinski definition) is 5. The predicted molar refractivity (Wildman–Crippen MR) is 102 cm³/mol. The molecule has 1 amide bonds. The molecule has 4 rings (SSSR count). The second kappa shape index (κ2) is 7.22. The van der Waals surface area contributed by atoms with Crippen molar-refractivity contribution in [2.45, 2.75) is 70.0 Å². The number of carbonyl (C=O) groups excluding carboxylic acids is 1. The molecule has 0 radical (unpaired) electrons. The van der Waals surface area contributed by atoms with Gasteiger partial charge >= 0.3 is 0 Å². The molecular weight excluding hydrogens is 344 g/mol. The topological polar surface area (TPSA) is 90.6 Å². The summed E-state index contributed by atoms with van der Waals surface area (Å²) in [6.45, 7) is 4.41. The number of piperidine rings is 1. The highest BCUT2D eigenvalue weighted by Crippen LogP contribution is 2.36. The van der Waals surface area contributed by atoms with Gasteiger partial charge in [0, 0.05) is 36.1 Å². The van der Waals surface area contributed by atoms with Crippen LogP contribution in [0.5, 0.6) is 0 Å². The molecule has 2 aromatic rings. The SMILES string of the molecule is CC(C)n1nc(C(=O)N[C@@H]2C[C@H]3CC[C@@H](C2)N3CC(O)O)c2ccccc21. The number of rotatable bonds is 5. The van der Waals surface area contributed by atoms with Gasteiger partial charge in [-0.2, -0.15) is 5.10 Å². The van der Waals surface area contributed by atoms with E-state index in [1.807, 2.05) is 28.9 Å². The Bertz CT molecular complexity index is 818. The smallest absolute Gasteiger partial charge is 0.272 e. The minimum Gasteiger partial charge on any atom is -0.367 e. The number of carbonyl (C=O) groups is 1. The predicted octanol–water partition coefficient (Wildman–Crippen LogP) is 1.65. The summed E-state index contributed by atoms with van der Waals surface area (Å²) in [5, 5.41) is 27.3. The highest BCUT2D eigenvalue weighted by molar-refractivity contribution is 6.05. The Morgan fingerprint density at radius 1 is 1.22 bits per heavy atom. The van der Waals surface area contributed by atoms with E-state index >= 15 is 0 Å². The second-order valence-electron chi connectivity index (χ2n) is 8.11. The van der Waals surface area contributed by atoms with Crippen LogP contribution in [0, 0.1) is 0 Å². The summed E-state index contributed by atoms with van der Waals surface area (Å²) < 4.78 is 1.90. The van der Waals surface area contributed by atoms with E-state index in [4.69, 9.17) is 0 Å². The van der Waals surface area contributed by atoms with Crippen LogP contribution < -0.4 is 5.32 Å². The van der Waals surface area contributed by atoms with Crippen molar-refractivity contribution in [3.63, 3.8) is 0 Å². The standard InChI is InChI=1S/C20H28N4O3/c1-12(2)24-17-6-4-3-5-16(17)19(22-24)20(27)21-13-9-14-7-8-15(10-13)23(14)11-18(25)26/h3-6,12-15,18,25-26H,7-11H2,1-2H3,(H,21,27)/t13-,14-,15+. The molecule has 2 saturated heterocycles. The largest absolute Gasteiger partial charge is 0.367 e. The molecule has 146 valence electrons. The molecule has 2 fully saturated rings. The molecule has 7 nitrogen and oxygen atoms in total. The van der Waals surface area contributed by atoms with Crippen LogP contribution in [0.4, 0.5) is 0 Å². The van der Waals surface area contributed by atoms with Crippen LogP contribution in [0.3, 0.4) is 0 Å². The van der Waals surface area contributed by atoms with Crippen LogP contribution in [0.25, 0.3) is 10.9 Å². The van der Waals surface area contributed by atoms with Gasteiger partial charge in [-0.25, -0.2) is 0 Å². The van der Waals surface area contributed by atoms with Gasteiger partial charge in [-0.15, -0.1) is 0 Å². The maximum Gasteiger partial charge on any atom is 0.272 e. The van der Waals surface area contributed by atoms with Gasteiger partial charge in [0.15, 0.2) is 12.0 Å². The quantitative estimate of drug-likeness (QED) is 0.695. The number of para-hydroxylation sites is 1. The van der Waals surface area contributed by atoms with Gasteiger partial charge in [0.2, 0.25) is 0 Å². The fourth-order valence-corrected chi connectivity index (χ4v) is 4.78. The fourth-order valence-electron chi connectivity index (χ4n) is 4.78. The lowest BCUT2D eigenvalue weighted by molar-refractivity contribution is -0.0759. The third kappa shape index (κ3) is 3.47. The maximum absolute atomic E-state index is 13.0. The van der Waals surface area contributed by atoms with E-state index in [-0.39, 0.29) is 18.0 Å². The van der Waals surface area contributed by atoms with Crippen molar-refractivity contribution >= 4 is 16.8 Å². The maximum atomic E-state index is 13.0. The molecule has 0 unspecified atom stereocenters. The van der Waals surface area contributed by atoms with Crippen LogP contribution in [0.15, 0.2) is 24.3 Å². The molecule has 3 N–H and O–H groups in total. The number of nitrogens with one attached hydrogen (secondary N) is 1. The summed E-state index contributed by atoms with van der Waals surface area (Å²) in [5.74, 6) is -0.120. The van der Waals surface area contributed by atoms with Crippen molar-refractivity contribution < 1.29 is 15.0 Å². The number of aliphatic hydroxyl groups is 2. The number of aromatic nitrogens is 2. The van der Waals surface area contributed by atoms with E-state index in [0.29, 0.717) is 24.3 Å². The molecule has 27 heavy (non-hydrogen) atoms. The number of nitrogens with zero attached hydrogens (tertiary/aromatic N) is 3. The lowest BCUT2D eigenvalue weighted by atomic mass is 9.97. The molecular formula is C20H28N4O3. The third-order valence-corrected chi connectivity index (χ3v) is 5.91. The van der Waals surface area contributed by atoms with Crippen molar-refractivity contribution in [2.75, 3.05) is 6.54 Å². The van der Waals surface area contributed by atoms with Crippen LogP contribution in [-0.2, 0) is 0 Å². The van der Waals surface area contributed by atoms with Gasteiger partial charge in [-0.3, -0.25) is 14.4 Å². The Hall–Kier alpha value is -1.96. The first-order valence-corrected chi connectivity index (χ1v) is 9.84. The first-order chi connectivity index (χ1) is 12.9. The van der Waals surface area contributed by atoms with E-state index in [2.05, 4.69) is 29.2 Å². The van der Waals surface area contributed by atoms with Crippen molar-refractivity contribution in [3.05, 3.63) is 30.0 Å². The molecule has 3 heterocycles. The van der Waals surface area contributed by atoms with Crippen molar-refractivity contribution in [3.8, 4) is 0 Å². The first-order valence-electron chi connectivity index (χ1n) is 9.84. The molecule has 0 spiro atoms. The monoisotopic (exact) mass is 372 g/mol. The summed E-state index contributed by atoms with van der Waals surface area (Å²) in [7, 11) is 0. The summed E-state index contributed by atoms with van der Waals surface area (Å²) in [6, 6.07) is 8.74. The molecule has 0 saturated carbocycles. The molecule has 2 aliphatic rings. The Labute approximate surface area is 159 Å². The summed E-state index contributed by atoms with van der Waals surface area (Å²) in [6.07, 6.45) is 2.49. The van der Waals surface area contributed by atoms with Crippen molar-refractivity contribution in [1.82, 2.24) is 20.0 Å². The second-order valence-corrected chi connectivity index (χ2v) is 8.11. The third-order valence-electron chi connectivity index (χ3n) is 5.91. The number of fused-ring (bicyclic) bond motifs is 3. The highest BCUT2D eigenvalue weighted by Gasteiger charge is 2.41. The van der Waals surface area contributed by atoms with E-state index in [1.165, 1.54) is 0 Å². The Kier molecular flexibility index (Phi) is 4.92. The van der Waals surface area contributed by atoms with Gasteiger partial charge in [0.25, 0.3) is 5.91 Å². The van der Waals surface area contributed by atoms with Gasteiger partial charge in [0.05, 0.1) is 5.52 Å². The Morgan fingerprint density at radius 3 is 2.52 bits per heavy atom. The van der Waals surface area contributed by atoms with Gasteiger partial charge in [0.1, 0.15) is 0 Å². The zero-order valence-corrected chi connectivity index (χ0v) is 15.9. The normalized spacial score (nSPS) is 25.6. The van der Waals surface area contributed by atoms with Gasteiger partial charge < -0.3 is 15.5 Å². The molecule has 2 aliphatic heterocycles. The van der Waals surface area contributed by atoms with Crippen LogP contribution in [0.1, 0.15) is 56.1 Å². The zero-order valence-electron chi connectivity index (χ0n) is 15.9. The number of benzene rings is 1. The fraction of sp³-hybridized carbons (Fsp3) is 0.600. The molecule has 7 heteroatoms. The number of hydrogen-bond donors (Lipinski definition) is 3. The lowest BCUT2D eigenvalue weighted by Gasteiger charge is -2.39. The first kappa shape index (κ1) is 18.4. The molecule has 2 bridgehead atoms. The molecule has 0 aliphatic carbocycles. The average molecular weight is 372 g/mol. The number of amides is 1. The zero-order chi connectivity index (χ0) is 19.1. The average Bonchev–Trinajstić information content (AvgIpc) is 3.10. The summed E-state index contributed by atoms with van der Waals surface area (Å²) >= 11 is 0. The number of aliphatic hydroxyl groups excluding tert-OH is 1. The van der Waals surface area contributed by atoms with E-state index in [0.717, 1.165) is 36.6 Å². The molecule has 1 aromatic heterocycles. The van der Waals surface area contributed by atoms with Crippen LogP contribution >= 0.6 is 0 Å². The van der Waals surface area contributed by atoms with Crippen molar-refractivity contribution in [1.29, 1.82) is 0 Å². The van der Waals surface area contributed by atoms with E-state index < -0.39 is 6.29 Å². The van der Waals surface area contributed by atoms with Crippen LogP contribution in [-0.4, -0.2) is 61.8 Å².